The number of aryl methyl sites for hydroxylation is 2. The number of nitrogens with zero attached hydrogens (tertiary/aromatic N) is 2. The summed E-state index contributed by atoms with van der Waals surface area (Å²) >= 11 is 1.52. The Morgan fingerprint density at radius 3 is 2.93 bits per heavy atom. The number of rotatable bonds is 5. The van der Waals surface area contributed by atoms with E-state index >= 15 is 0 Å². The Bertz CT molecular complexity index is 1200. The zero-order chi connectivity index (χ0) is 19.5. The minimum atomic E-state index is -0.122. The first-order valence-electron chi connectivity index (χ1n) is 8.88. The fourth-order valence-electron chi connectivity index (χ4n) is 2.88. The van der Waals surface area contributed by atoms with Crippen LogP contribution in [-0.4, -0.2) is 20.9 Å². The molecule has 0 aliphatic rings. The SMILES string of the molecule is Cc1cc2ccc(NC(=O)CCc3csc(-c4ccccn4)n3)cc2[nH]c1=O. The molecule has 0 aliphatic heterocycles. The van der Waals surface area contributed by atoms with Crippen LogP contribution < -0.4 is 10.9 Å². The summed E-state index contributed by atoms with van der Waals surface area (Å²) in [4.78, 5) is 35.8. The summed E-state index contributed by atoms with van der Waals surface area (Å²) in [5.41, 5.74) is 3.61. The maximum Gasteiger partial charge on any atom is 0.251 e. The van der Waals surface area contributed by atoms with E-state index in [-0.39, 0.29) is 11.5 Å². The van der Waals surface area contributed by atoms with Gasteiger partial charge in [0, 0.05) is 29.2 Å². The number of pyridine rings is 2. The molecule has 3 heterocycles. The van der Waals surface area contributed by atoms with Gasteiger partial charge in [0.1, 0.15) is 5.01 Å². The molecule has 0 aliphatic carbocycles. The van der Waals surface area contributed by atoms with Crippen molar-refractivity contribution in [2.45, 2.75) is 19.8 Å². The smallest absolute Gasteiger partial charge is 0.251 e. The fraction of sp³-hybridized carbons (Fsp3) is 0.143. The summed E-state index contributed by atoms with van der Waals surface area (Å²) < 4.78 is 0. The van der Waals surface area contributed by atoms with Crippen LogP contribution >= 0.6 is 11.3 Å². The average molecular weight is 390 g/mol. The lowest BCUT2D eigenvalue weighted by Gasteiger charge is -2.06. The molecule has 0 radical (unpaired) electrons. The number of carbonyl (C=O) groups excluding carboxylic acids is 1. The van der Waals surface area contributed by atoms with Crippen molar-refractivity contribution in [3.8, 4) is 10.7 Å². The highest BCUT2D eigenvalue weighted by molar-refractivity contribution is 7.13. The Kier molecular flexibility index (Phi) is 4.99. The van der Waals surface area contributed by atoms with Gasteiger partial charge in [0.25, 0.3) is 5.56 Å². The van der Waals surface area contributed by atoms with E-state index in [4.69, 9.17) is 0 Å². The third-order valence-electron chi connectivity index (χ3n) is 4.36. The maximum atomic E-state index is 12.3. The second-order valence-electron chi connectivity index (χ2n) is 6.49. The topological polar surface area (TPSA) is 87.7 Å². The van der Waals surface area contributed by atoms with Crippen LogP contribution in [0.2, 0.25) is 0 Å². The van der Waals surface area contributed by atoms with E-state index in [2.05, 4.69) is 20.3 Å². The minimum absolute atomic E-state index is 0.0961. The molecule has 3 aromatic heterocycles. The monoisotopic (exact) mass is 390 g/mol. The molecule has 0 unspecified atom stereocenters. The molecule has 0 atom stereocenters. The standard InChI is InChI=1S/C21H18N4O2S/c1-13-10-14-5-6-15(11-18(14)25-20(13)27)23-19(26)8-7-16-12-28-21(24-16)17-4-2-3-9-22-17/h2-6,9-12H,7-8H2,1H3,(H,23,26)(H,25,27). The van der Waals surface area contributed by atoms with Gasteiger partial charge in [-0.2, -0.15) is 0 Å². The second kappa shape index (κ2) is 7.74. The molecule has 2 N–H and O–H groups in total. The van der Waals surface area contributed by atoms with Crippen molar-refractivity contribution >= 4 is 33.8 Å². The van der Waals surface area contributed by atoms with Gasteiger partial charge in [0.2, 0.25) is 5.91 Å². The number of H-pyrrole nitrogens is 1. The summed E-state index contributed by atoms with van der Waals surface area (Å²) in [5, 5.41) is 6.62. The summed E-state index contributed by atoms with van der Waals surface area (Å²) in [6, 6.07) is 13.0. The Hall–Kier alpha value is -3.32. The normalized spacial score (nSPS) is 10.9. The predicted octanol–water partition coefficient (Wildman–Crippen LogP) is 3.93. The highest BCUT2D eigenvalue weighted by Gasteiger charge is 2.09. The van der Waals surface area contributed by atoms with E-state index < -0.39 is 0 Å². The number of fused-ring (bicyclic) bond motifs is 1. The van der Waals surface area contributed by atoms with Crippen molar-refractivity contribution in [2.24, 2.45) is 0 Å². The highest BCUT2D eigenvalue weighted by Crippen LogP contribution is 2.22. The Morgan fingerprint density at radius 2 is 2.11 bits per heavy atom. The van der Waals surface area contributed by atoms with Gasteiger partial charge in [-0.3, -0.25) is 14.6 Å². The number of thiazole rings is 1. The number of benzene rings is 1. The Labute approximate surface area is 165 Å². The largest absolute Gasteiger partial charge is 0.326 e. The number of hydrogen-bond donors (Lipinski definition) is 2. The van der Waals surface area contributed by atoms with Gasteiger partial charge in [-0.1, -0.05) is 12.1 Å². The summed E-state index contributed by atoms with van der Waals surface area (Å²) in [6.07, 6.45) is 2.62. The number of anilines is 1. The van der Waals surface area contributed by atoms with E-state index in [1.54, 1.807) is 19.2 Å². The Morgan fingerprint density at radius 1 is 1.21 bits per heavy atom. The minimum Gasteiger partial charge on any atom is -0.326 e. The van der Waals surface area contributed by atoms with E-state index in [1.807, 2.05) is 41.8 Å². The maximum absolute atomic E-state index is 12.3. The molecular formula is C21H18N4O2S. The van der Waals surface area contributed by atoms with Crippen LogP contribution in [0.1, 0.15) is 17.7 Å². The first-order valence-corrected chi connectivity index (χ1v) is 9.76. The van der Waals surface area contributed by atoms with E-state index in [0.29, 0.717) is 29.6 Å². The van der Waals surface area contributed by atoms with Gasteiger partial charge >= 0.3 is 0 Å². The van der Waals surface area contributed by atoms with Crippen molar-refractivity contribution < 1.29 is 4.79 Å². The van der Waals surface area contributed by atoms with Crippen molar-refractivity contribution in [3.63, 3.8) is 0 Å². The van der Waals surface area contributed by atoms with Crippen LogP contribution in [-0.2, 0) is 11.2 Å². The number of hydrogen-bond acceptors (Lipinski definition) is 5. The zero-order valence-electron chi connectivity index (χ0n) is 15.2. The van der Waals surface area contributed by atoms with Gasteiger partial charge in [-0.25, -0.2) is 4.98 Å². The van der Waals surface area contributed by atoms with Crippen LogP contribution in [0.3, 0.4) is 0 Å². The van der Waals surface area contributed by atoms with Crippen molar-refractivity contribution in [1.29, 1.82) is 0 Å². The lowest BCUT2D eigenvalue weighted by Crippen LogP contribution is -2.13. The molecule has 1 aromatic carbocycles. The van der Waals surface area contributed by atoms with Crippen molar-refractivity contribution in [2.75, 3.05) is 5.32 Å². The van der Waals surface area contributed by atoms with Crippen LogP contribution in [0.15, 0.2) is 58.8 Å². The average Bonchev–Trinajstić information content (AvgIpc) is 3.17. The molecular weight excluding hydrogens is 372 g/mol. The molecule has 0 fully saturated rings. The van der Waals surface area contributed by atoms with Crippen LogP contribution in [0.5, 0.6) is 0 Å². The number of nitrogens with one attached hydrogen (secondary N) is 2. The third-order valence-corrected chi connectivity index (χ3v) is 5.27. The molecule has 6 nitrogen and oxygen atoms in total. The first kappa shape index (κ1) is 18.1. The van der Waals surface area contributed by atoms with Crippen LogP contribution in [0, 0.1) is 6.92 Å². The predicted molar refractivity (Wildman–Crippen MR) is 112 cm³/mol. The number of amides is 1. The lowest BCUT2D eigenvalue weighted by atomic mass is 10.1. The quantitative estimate of drug-likeness (QED) is 0.540. The van der Waals surface area contributed by atoms with E-state index in [9.17, 15) is 9.59 Å². The summed E-state index contributed by atoms with van der Waals surface area (Å²) in [7, 11) is 0. The summed E-state index contributed by atoms with van der Waals surface area (Å²) in [5.74, 6) is -0.0961. The van der Waals surface area contributed by atoms with Crippen LogP contribution in [0.25, 0.3) is 21.6 Å². The van der Waals surface area contributed by atoms with Gasteiger partial charge in [-0.15, -0.1) is 11.3 Å². The van der Waals surface area contributed by atoms with E-state index in [0.717, 1.165) is 21.8 Å². The van der Waals surface area contributed by atoms with Crippen LogP contribution in [0.4, 0.5) is 5.69 Å². The van der Waals surface area contributed by atoms with E-state index in [1.165, 1.54) is 11.3 Å². The first-order chi connectivity index (χ1) is 13.6. The van der Waals surface area contributed by atoms with Gasteiger partial charge in [-0.05, 0) is 49.1 Å². The third kappa shape index (κ3) is 3.99. The molecule has 0 spiro atoms. The Balaban J connectivity index is 1.40. The molecule has 0 bridgehead atoms. The summed E-state index contributed by atoms with van der Waals surface area (Å²) in [6.45, 7) is 1.77. The molecule has 4 aromatic rings. The highest BCUT2D eigenvalue weighted by atomic mass is 32.1. The molecule has 4 rings (SSSR count). The molecule has 0 saturated heterocycles. The van der Waals surface area contributed by atoms with Gasteiger partial charge < -0.3 is 10.3 Å². The lowest BCUT2D eigenvalue weighted by molar-refractivity contribution is -0.116. The van der Waals surface area contributed by atoms with Gasteiger partial charge in [0.05, 0.1) is 16.9 Å². The number of aromatic amines is 1. The number of aromatic nitrogens is 3. The molecule has 28 heavy (non-hydrogen) atoms. The van der Waals surface area contributed by atoms with Crippen molar-refractivity contribution in [1.82, 2.24) is 15.0 Å². The fourth-order valence-corrected chi connectivity index (χ4v) is 3.71. The molecule has 140 valence electrons. The number of carbonyl (C=O) groups is 1. The second-order valence-corrected chi connectivity index (χ2v) is 7.35. The van der Waals surface area contributed by atoms with Crippen molar-refractivity contribution in [3.05, 3.63) is 75.7 Å². The van der Waals surface area contributed by atoms with Gasteiger partial charge in [0.15, 0.2) is 0 Å². The molecule has 1 amide bonds. The molecule has 0 saturated carbocycles. The molecule has 7 heteroatoms. The zero-order valence-corrected chi connectivity index (χ0v) is 16.0.